The zero-order valence-corrected chi connectivity index (χ0v) is 17.5. The average Bonchev–Trinajstić information content (AvgIpc) is 3.11. The van der Waals surface area contributed by atoms with Gasteiger partial charge in [-0.15, -0.1) is 0 Å². The number of carbonyl (C=O) groups excluding carboxylic acids is 1. The first kappa shape index (κ1) is 21.4. The van der Waals surface area contributed by atoms with Gasteiger partial charge in [-0.3, -0.25) is 9.36 Å². The molecular formula is C24H21F2NO5. The van der Waals surface area contributed by atoms with E-state index >= 15 is 0 Å². The van der Waals surface area contributed by atoms with Crippen LogP contribution in [-0.2, 0) is 16.0 Å². The molecular weight excluding hydrogens is 420 g/mol. The van der Waals surface area contributed by atoms with Gasteiger partial charge in [-0.25, -0.2) is 0 Å². The van der Waals surface area contributed by atoms with Gasteiger partial charge in [0.05, 0.1) is 30.9 Å². The highest BCUT2D eigenvalue weighted by atomic mass is 19.3. The summed E-state index contributed by atoms with van der Waals surface area (Å²) in [5, 5.41) is 12.6. The van der Waals surface area contributed by atoms with Crippen molar-refractivity contribution in [2.75, 3.05) is 13.7 Å². The number of carbonyl (C=O) groups is 1. The van der Waals surface area contributed by atoms with Crippen LogP contribution < -0.4 is 9.47 Å². The summed E-state index contributed by atoms with van der Waals surface area (Å²) >= 11 is 0. The van der Waals surface area contributed by atoms with Gasteiger partial charge in [0.15, 0.2) is 0 Å². The first-order valence-corrected chi connectivity index (χ1v) is 9.97. The largest absolute Gasteiger partial charge is 0.495 e. The van der Waals surface area contributed by atoms with Crippen LogP contribution >= 0.6 is 0 Å². The molecule has 4 rings (SSSR count). The number of esters is 1. The molecule has 8 heteroatoms. The van der Waals surface area contributed by atoms with E-state index < -0.39 is 6.61 Å². The minimum absolute atomic E-state index is 0.0422. The number of nitrogens with zero attached hydrogens (tertiary/aromatic N) is 1. The van der Waals surface area contributed by atoms with Gasteiger partial charge in [0.25, 0.3) is 0 Å². The van der Waals surface area contributed by atoms with Crippen LogP contribution in [0.2, 0.25) is 0 Å². The molecule has 0 saturated heterocycles. The summed E-state index contributed by atoms with van der Waals surface area (Å²) < 4.78 is 43.3. The van der Waals surface area contributed by atoms with Crippen molar-refractivity contribution in [2.24, 2.45) is 0 Å². The maximum absolute atomic E-state index is 13.2. The van der Waals surface area contributed by atoms with Crippen molar-refractivity contribution in [3.05, 3.63) is 60.3 Å². The van der Waals surface area contributed by atoms with Gasteiger partial charge in [0.2, 0.25) is 5.88 Å². The van der Waals surface area contributed by atoms with Gasteiger partial charge in [-0.1, -0.05) is 36.4 Å². The second-order valence-electron chi connectivity index (χ2n) is 7.05. The summed E-state index contributed by atoms with van der Waals surface area (Å²) in [4.78, 5) is 11.7. The Labute approximate surface area is 182 Å². The van der Waals surface area contributed by atoms with E-state index in [-0.39, 0.29) is 34.8 Å². The number of fused-ring (bicyclic) bond motifs is 2. The summed E-state index contributed by atoms with van der Waals surface area (Å²) in [6.45, 7) is -0.993. The van der Waals surface area contributed by atoms with Gasteiger partial charge < -0.3 is 19.3 Å². The molecule has 0 aliphatic rings. The Morgan fingerprint density at radius 1 is 1.03 bits per heavy atom. The number of ether oxygens (including phenoxy) is 3. The highest BCUT2D eigenvalue weighted by Crippen LogP contribution is 2.48. The van der Waals surface area contributed by atoms with Crippen LogP contribution in [-0.4, -0.2) is 36.0 Å². The quantitative estimate of drug-likeness (QED) is 0.399. The van der Waals surface area contributed by atoms with Crippen molar-refractivity contribution in [3.8, 4) is 23.1 Å². The molecule has 4 aromatic rings. The lowest BCUT2D eigenvalue weighted by Crippen LogP contribution is -2.07. The first-order valence-electron chi connectivity index (χ1n) is 9.97. The number of aromatic nitrogens is 1. The fourth-order valence-electron chi connectivity index (χ4n) is 3.83. The third kappa shape index (κ3) is 3.79. The summed E-state index contributed by atoms with van der Waals surface area (Å²) in [5.41, 5.74) is 1.31. The summed E-state index contributed by atoms with van der Waals surface area (Å²) in [7, 11) is 1.45. The number of methoxy groups -OCH3 is 1. The number of hydrogen-bond donors (Lipinski definition) is 1. The van der Waals surface area contributed by atoms with Crippen LogP contribution in [0, 0.1) is 0 Å². The van der Waals surface area contributed by atoms with E-state index in [0.29, 0.717) is 28.8 Å². The molecule has 0 aliphatic heterocycles. The van der Waals surface area contributed by atoms with Crippen LogP contribution in [0.25, 0.3) is 27.2 Å². The Bertz CT molecular complexity index is 1280. The normalized spacial score (nSPS) is 11.3. The number of alkyl halides is 2. The molecule has 0 fully saturated rings. The third-order valence-corrected chi connectivity index (χ3v) is 5.15. The maximum atomic E-state index is 13.2. The molecule has 3 aromatic carbocycles. The van der Waals surface area contributed by atoms with Crippen LogP contribution in [0.5, 0.6) is 17.4 Å². The predicted molar refractivity (Wildman–Crippen MR) is 116 cm³/mol. The highest BCUT2D eigenvalue weighted by molar-refractivity contribution is 6.13. The summed E-state index contributed by atoms with van der Waals surface area (Å²) in [6.07, 6.45) is 1.65. The Morgan fingerprint density at radius 2 is 1.69 bits per heavy atom. The van der Waals surface area contributed by atoms with E-state index in [4.69, 9.17) is 14.2 Å². The van der Waals surface area contributed by atoms with Crippen molar-refractivity contribution in [1.29, 1.82) is 0 Å². The fraction of sp³-hybridized carbons (Fsp3) is 0.208. The van der Waals surface area contributed by atoms with E-state index in [1.165, 1.54) is 17.9 Å². The number of aromatic hydroxyl groups is 1. The van der Waals surface area contributed by atoms with E-state index in [2.05, 4.69) is 0 Å². The SMILES string of the molecule is CCOC(=O)Cc1ccc(-n2cc3c(OC(F)F)c4ccccc4c(OC)c3c2O)cc1. The average molecular weight is 441 g/mol. The topological polar surface area (TPSA) is 69.9 Å². The predicted octanol–water partition coefficient (Wildman–Crippen LogP) is 5.20. The first-order chi connectivity index (χ1) is 15.4. The third-order valence-electron chi connectivity index (χ3n) is 5.15. The maximum Gasteiger partial charge on any atom is 0.387 e. The molecule has 1 heterocycles. The van der Waals surface area contributed by atoms with Crippen LogP contribution in [0.4, 0.5) is 8.78 Å². The van der Waals surface area contributed by atoms with Gasteiger partial charge in [0, 0.05) is 22.7 Å². The Hall–Kier alpha value is -3.81. The lowest BCUT2D eigenvalue weighted by Gasteiger charge is -2.13. The monoisotopic (exact) mass is 441 g/mol. The Morgan fingerprint density at radius 3 is 2.28 bits per heavy atom. The molecule has 0 saturated carbocycles. The van der Waals surface area contributed by atoms with Crippen molar-refractivity contribution < 1.29 is 32.9 Å². The number of benzene rings is 3. The molecule has 0 aliphatic carbocycles. The van der Waals surface area contributed by atoms with Gasteiger partial charge in [-0.05, 0) is 24.6 Å². The fourth-order valence-corrected chi connectivity index (χ4v) is 3.83. The minimum atomic E-state index is -3.04. The standard InChI is InChI=1S/C24H21F2NO5/c1-3-31-19(28)12-14-8-10-15(11-9-14)27-13-18-20(23(27)29)22(30-2)17-7-5-4-6-16(17)21(18)32-24(25)26/h4-11,13,24,29H,3,12H2,1-2H3. The lowest BCUT2D eigenvalue weighted by atomic mass is 10.0. The zero-order valence-electron chi connectivity index (χ0n) is 17.5. The molecule has 0 atom stereocenters. The van der Waals surface area contributed by atoms with Crippen molar-refractivity contribution in [1.82, 2.24) is 4.57 Å². The zero-order chi connectivity index (χ0) is 22.8. The van der Waals surface area contributed by atoms with Crippen molar-refractivity contribution in [2.45, 2.75) is 20.0 Å². The highest BCUT2D eigenvalue weighted by Gasteiger charge is 2.24. The summed E-state index contributed by atoms with van der Waals surface area (Å²) in [6, 6.07) is 13.7. The Balaban J connectivity index is 1.88. The van der Waals surface area contributed by atoms with Crippen molar-refractivity contribution >= 4 is 27.5 Å². The molecule has 166 valence electrons. The van der Waals surface area contributed by atoms with Gasteiger partial charge in [0.1, 0.15) is 11.5 Å². The summed E-state index contributed by atoms with van der Waals surface area (Å²) in [5.74, 6) is -0.202. The molecule has 6 nitrogen and oxygen atoms in total. The molecule has 0 bridgehead atoms. The van der Waals surface area contributed by atoms with E-state index in [9.17, 15) is 18.7 Å². The molecule has 0 radical (unpaired) electrons. The van der Waals surface area contributed by atoms with Crippen molar-refractivity contribution in [3.63, 3.8) is 0 Å². The minimum Gasteiger partial charge on any atom is -0.495 e. The lowest BCUT2D eigenvalue weighted by molar-refractivity contribution is -0.142. The second-order valence-corrected chi connectivity index (χ2v) is 7.05. The Kier molecular flexibility index (Phi) is 5.85. The van der Waals surface area contributed by atoms with Gasteiger partial charge >= 0.3 is 12.6 Å². The van der Waals surface area contributed by atoms with E-state index in [0.717, 1.165) is 5.56 Å². The molecule has 1 N–H and O–H groups in total. The van der Waals surface area contributed by atoms with E-state index in [1.54, 1.807) is 55.5 Å². The molecule has 0 unspecified atom stereocenters. The molecule has 32 heavy (non-hydrogen) atoms. The number of rotatable bonds is 7. The number of halogens is 2. The second kappa shape index (κ2) is 8.74. The van der Waals surface area contributed by atoms with Crippen LogP contribution in [0.3, 0.4) is 0 Å². The number of hydrogen-bond acceptors (Lipinski definition) is 5. The van der Waals surface area contributed by atoms with Crippen LogP contribution in [0.15, 0.2) is 54.7 Å². The van der Waals surface area contributed by atoms with Gasteiger partial charge in [-0.2, -0.15) is 8.78 Å². The molecule has 0 amide bonds. The molecule has 1 aromatic heterocycles. The molecule has 0 spiro atoms. The smallest absolute Gasteiger partial charge is 0.387 e. The van der Waals surface area contributed by atoms with Crippen LogP contribution in [0.1, 0.15) is 12.5 Å². The van der Waals surface area contributed by atoms with E-state index in [1.807, 2.05) is 0 Å².